The standard InChI is InChI=1S/C11H12ClN3O5/c1-2-3-14(6-9(16)17)11(18)8-4-7(15(19)20)5-13-10(8)12/h4-5H,2-3,6H2,1H3,(H,16,17). The van der Waals surface area contributed by atoms with Crippen LogP contribution >= 0.6 is 11.6 Å². The maximum atomic E-state index is 12.2. The first-order valence-electron chi connectivity index (χ1n) is 5.67. The van der Waals surface area contributed by atoms with Crippen molar-refractivity contribution in [2.24, 2.45) is 0 Å². The molecule has 0 spiro atoms. The zero-order chi connectivity index (χ0) is 15.3. The number of aromatic nitrogens is 1. The van der Waals surface area contributed by atoms with Crippen molar-refractivity contribution in [2.45, 2.75) is 13.3 Å². The SMILES string of the molecule is CCCN(CC(=O)O)C(=O)c1cc([N+](=O)[O-])cnc1Cl. The molecule has 1 rings (SSSR count). The van der Waals surface area contributed by atoms with Gasteiger partial charge in [-0.2, -0.15) is 0 Å². The van der Waals surface area contributed by atoms with Crippen LogP contribution in [0.25, 0.3) is 0 Å². The van der Waals surface area contributed by atoms with Gasteiger partial charge in [-0.25, -0.2) is 4.98 Å². The van der Waals surface area contributed by atoms with Gasteiger partial charge in [0.25, 0.3) is 11.6 Å². The van der Waals surface area contributed by atoms with Crippen LogP contribution in [0.3, 0.4) is 0 Å². The van der Waals surface area contributed by atoms with E-state index in [9.17, 15) is 19.7 Å². The second-order valence-corrected chi connectivity index (χ2v) is 4.27. The van der Waals surface area contributed by atoms with Crippen molar-refractivity contribution in [3.8, 4) is 0 Å². The van der Waals surface area contributed by atoms with E-state index < -0.39 is 23.3 Å². The Morgan fingerprint density at radius 1 is 1.55 bits per heavy atom. The van der Waals surface area contributed by atoms with Gasteiger partial charge in [0.2, 0.25) is 0 Å². The Hall–Kier alpha value is -2.22. The monoisotopic (exact) mass is 301 g/mol. The zero-order valence-electron chi connectivity index (χ0n) is 10.6. The molecule has 0 aliphatic rings. The summed E-state index contributed by atoms with van der Waals surface area (Å²) in [5.41, 5.74) is -0.569. The number of rotatable bonds is 6. The topological polar surface area (TPSA) is 114 Å². The number of carboxylic acid groups (broad SMARTS) is 1. The molecule has 0 aliphatic heterocycles. The van der Waals surface area contributed by atoms with Gasteiger partial charge in [0, 0.05) is 12.6 Å². The van der Waals surface area contributed by atoms with E-state index >= 15 is 0 Å². The molecule has 0 fully saturated rings. The molecule has 108 valence electrons. The Morgan fingerprint density at radius 2 is 2.20 bits per heavy atom. The molecule has 9 heteroatoms. The molecule has 0 saturated carbocycles. The van der Waals surface area contributed by atoms with Crippen molar-refractivity contribution in [2.75, 3.05) is 13.1 Å². The highest BCUT2D eigenvalue weighted by molar-refractivity contribution is 6.32. The third-order valence-electron chi connectivity index (χ3n) is 2.37. The molecule has 8 nitrogen and oxygen atoms in total. The Labute approximate surface area is 119 Å². The summed E-state index contributed by atoms with van der Waals surface area (Å²) >= 11 is 5.75. The number of pyridine rings is 1. The molecule has 0 atom stereocenters. The molecule has 0 aliphatic carbocycles. The number of nitrogens with zero attached hydrogens (tertiary/aromatic N) is 3. The predicted molar refractivity (Wildman–Crippen MR) is 69.7 cm³/mol. The average molecular weight is 302 g/mol. The van der Waals surface area contributed by atoms with Crippen molar-refractivity contribution < 1.29 is 19.6 Å². The van der Waals surface area contributed by atoms with E-state index in [1.165, 1.54) is 0 Å². The molecule has 0 saturated heterocycles. The van der Waals surface area contributed by atoms with Crippen LogP contribution in [0.1, 0.15) is 23.7 Å². The second-order valence-electron chi connectivity index (χ2n) is 3.91. The van der Waals surface area contributed by atoms with Crippen LogP contribution < -0.4 is 0 Å². The Balaban J connectivity index is 3.13. The summed E-state index contributed by atoms with van der Waals surface area (Å²) in [5.74, 6) is -1.88. The van der Waals surface area contributed by atoms with Gasteiger partial charge in [0.15, 0.2) is 0 Å². The molecule has 0 radical (unpaired) electrons. The minimum absolute atomic E-state index is 0.185. The number of hydrogen-bond acceptors (Lipinski definition) is 5. The van der Waals surface area contributed by atoms with Gasteiger partial charge in [0.05, 0.1) is 10.5 Å². The van der Waals surface area contributed by atoms with Crippen molar-refractivity contribution in [1.82, 2.24) is 9.88 Å². The van der Waals surface area contributed by atoms with Gasteiger partial charge in [-0.15, -0.1) is 0 Å². The lowest BCUT2D eigenvalue weighted by Crippen LogP contribution is -2.36. The van der Waals surface area contributed by atoms with Gasteiger partial charge in [-0.3, -0.25) is 19.7 Å². The number of hydrogen-bond donors (Lipinski definition) is 1. The maximum absolute atomic E-state index is 12.2. The minimum Gasteiger partial charge on any atom is -0.480 e. The molecular formula is C11H12ClN3O5. The normalized spacial score (nSPS) is 10.1. The van der Waals surface area contributed by atoms with E-state index in [0.29, 0.717) is 6.42 Å². The smallest absolute Gasteiger partial charge is 0.323 e. The Bertz CT molecular complexity index is 549. The predicted octanol–water partition coefficient (Wildman–Crippen LogP) is 1.58. The highest BCUT2D eigenvalue weighted by Crippen LogP contribution is 2.20. The van der Waals surface area contributed by atoms with E-state index in [-0.39, 0.29) is 22.9 Å². The van der Waals surface area contributed by atoms with Gasteiger partial charge in [-0.05, 0) is 6.42 Å². The largest absolute Gasteiger partial charge is 0.480 e. The van der Waals surface area contributed by atoms with Crippen molar-refractivity contribution in [3.05, 3.63) is 33.1 Å². The number of carbonyl (C=O) groups is 2. The lowest BCUT2D eigenvalue weighted by Gasteiger charge is -2.20. The highest BCUT2D eigenvalue weighted by atomic mass is 35.5. The fraction of sp³-hybridized carbons (Fsp3) is 0.364. The van der Waals surface area contributed by atoms with Crippen molar-refractivity contribution in [3.63, 3.8) is 0 Å². The fourth-order valence-electron chi connectivity index (χ4n) is 1.54. The van der Waals surface area contributed by atoms with Gasteiger partial charge >= 0.3 is 5.97 Å². The number of nitro groups is 1. The summed E-state index contributed by atoms with van der Waals surface area (Å²) in [6, 6.07) is 0.988. The van der Waals surface area contributed by atoms with Crippen LogP contribution in [0.4, 0.5) is 5.69 Å². The van der Waals surface area contributed by atoms with E-state index in [1.54, 1.807) is 6.92 Å². The van der Waals surface area contributed by atoms with E-state index in [0.717, 1.165) is 17.2 Å². The quantitative estimate of drug-likeness (QED) is 0.485. The van der Waals surface area contributed by atoms with Gasteiger partial charge < -0.3 is 10.0 Å². The number of halogens is 1. The lowest BCUT2D eigenvalue weighted by atomic mass is 10.2. The first-order valence-corrected chi connectivity index (χ1v) is 6.05. The van der Waals surface area contributed by atoms with Crippen LogP contribution in [0, 0.1) is 10.1 Å². The minimum atomic E-state index is -1.18. The van der Waals surface area contributed by atoms with Crippen LogP contribution in [-0.2, 0) is 4.79 Å². The highest BCUT2D eigenvalue weighted by Gasteiger charge is 2.23. The van der Waals surface area contributed by atoms with Gasteiger partial charge in [0.1, 0.15) is 17.9 Å². The molecule has 0 unspecified atom stereocenters. The molecule has 20 heavy (non-hydrogen) atoms. The first kappa shape index (κ1) is 15.8. The van der Waals surface area contributed by atoms with E-state index in [2.05, 4.69) is 4.98 Å². The lowest BCUT2D eigenvalue weighted by molar-refractivity contribution is -0.385. The summed E-state index contributed by atoms with van der Waals surface area (Å²) in [6.07, 6.45) is 1.47. The Morgan fingerprint density at radius 3 is 2.70 bits per heavy atom. The molecule has 1 aromatic heterocycles. The fourth-order valence-corrected chi connectivity index (χ4v) is 1.73. The van der Waals surface area contributed by atoms with Crippen LogP contribution in [0.5, 0.6) is 0 Å². The summed E-state index contributed by atoms with van der Waals surface area (Å²) in [5, 5.41) is 19.2. The van der Waals surface area contributed by atoms with E-state index in [1.807, 2.05) is 0 Å². The number of aliphatic carboxylic acids is 1. The van der Waals surface area contributed by atoms with Gasteiger partial charge in [-0.1, -0.05) is 18.5 Å². The third kappa shape index (κ3) is 3.89. The molecule has 1 amide bonds. The molecule has 1 aromatic rings. The number of carboxylic acids is 1. The van der Waals surface area contributed by atoms with Crippen molar-refractivity contribution >= 4 is 29.2 Å². The Kier molecular flexibility index (Phi) is 5.39. The molecular weight excluding hydrogens is 290 g/mol. The average Bonchev–Trinajstić information content (AvgIpc) is 2.37. The van der Waals surface area contributed by atoms with Crippen LogP contribution in [0.2, 0.25) is 5.15 Å². The van der Waals surface area contributed by atoms with E-state index in [4.69, 9.17) is 16.7 Å². The van der Waals surface area contributed by atoms with Crippen LogP contribution in [0.15, 0.2) is 12.3 Å². The van der Waals surface area contributed by atoms with Crippen molar-refractivity contribution in [1.29, 1.82) is 0 Å². The molecule has 1 N–H and O–H groups in total. The zero-order valence-corrected chi connectivity index (χ0v) is 11.3. The summed E-state index contributed by atoms with van der Waals surface area (Å²) in [7, 11) is 0. The van der Waals surface area contributed by atoms with Crippen LogP contribution in [-0.4, -0.2) is 44.9 Å². The molecule has 0 bridgehead atoms. The first-order chi connectivity index (χ1) is 9.36. The molecule has 0 aromatic carbocycles. The number of carbonyl (C=O) groups excluding carboxylic acids is 1. The summed E-state index contributed by atoms with van der Waals surface area (Å²) in [6.45, 7) is 1.46. The number of amides is 1. The molecule has 1 heterocycles. The summed E-state index contributed by atoms with van der Waals surface area (Å²) in [4.78, 5) is 37.5. The second kappa shape index (κ2) is 6.80. The maximum Gasteiger partial charge on any atom is 0.323 e. The summed E-state index contributed by atoms with van der Waals surface area (Å²) < 4.78 is 0. The third-order valence-corrected chi connectivity index (χ3v) is 2.67.